The Bertz CT molecular complexity index is 3520. The van der Waals surface area contributed by atoms with Crippen LogP contribution in [0.15, 0.2) is 123 Å². The molecular weight excluding hydrogens is 1380 g/mol. The van der Waals surface area contributed by atoms with E-state index in [4.69, 9.17) is 45.5 Å². The van der Waals surface area contributed by atoms with Crippen LogP contribution in [0.3, 0.4) is 0 Å². The van der Waals surface area contributed by atoms with E-state index in [-0.39, 0.29) is 11.2 Å². The Hall–Kier alpha value is -6.47. The number of halogens is 4. The number of carbonyl (C=O) groups excluding carboxylic acids is 1. The second kappa shape index (κ2) is 37.4. The number of aromatic nitrogens is 12. The van der Waals surface area contributed by atoms with Gasteiger partial charge in [-0.15, -0.1) is 0 Å². The van der Waals surface area contributed by atoms with Crippen molar-refractivity contribution < 1.29 is 4.79 Å². The van der Waals surface area contributed by atoms with E-state index in [9.17, 15) is 4.79 Å². The molecule has 3 N–H and O–H groups in total. The van der Waals surface area contributed by atoms with Gasteiger partial charge < -0.3 is 50.2 Å². The monoisotopic (exact) mass is 1460 g/mol. The summed E-state index contributed by atoms with van der Waals surface area (Å²) in [5.74, 6) is 3.32. The highest BCUT2D eigenvalue weighted by molar-refractivity contribution is 14.1. The maximum absolute atomic E-state index is 11.2. The van der Waals surface area contributed by atoms with E-state index < -0.39 is 0 Å². The van der Waals surface area contributed by atoms with Gasteiger partial charge in [-0.3, -0.25) is 4.79 Å². The molecule has 0 atom stereocenters. The fourth-order valence-corrected chi connectivity index (χ4v) is 11.6. The fourth-order valence-electron chi connectivity index (χ4n) is 9.00. The lowest BCUT2D eigenvalue weighted by atomic mass is 10.3. The molecule has 8 aromatic rings. The summed E-state index contributed by atoms with van der Waals surface area (Å²) >= 11 is 21.7. The predicted molar refractivity (Wildman–Crippen MR) is 382 cm³/mol. The van der Waals surface area contributed by atoms with Crippen LogP contribution in [-0.4, -0.2) is 218 Å². The summed E-state index contributed by atoms with van der Waals surface area (Å²) in [4.78, 5) is 84.5. The third-order valence-corrected chi connectivity index (χ3v) is 18.4. The van der Waals surface area contributed by atoms with Crippen molar-refractivity contribution in [3.05, 3.63) is 152 Å². The van der Waals surface area contributed by atoms with E-state index >= 15 is 0 Å². The summed E-state index contributed by atoms with van der Waals surface area (Å²) in [6, 6.07) is 21.0. The van der Waals surface area contributed by atoms with E-state index in [1.54, 1.807) is 41.9 Å². The molecule has 0 radical (unpaired) electrons. The number of amides is 1. The highest BCUT2D eigenvalue weighted by atomic mass is 127. The number of nitrogens with two attached hydrogens (primary N) is 1. The smallest absolute Gasteiger partial charge is 0.225 e. The minimum Gasteiger partial charge on any atom is -0.399 e. The number of carbonyl (C=O) groups is 1. The van der Waals surface area contributed by atoms with Crippen LogP contribution < -0.4 is 30.7 Å². The van der Waals surface area contributed by atoms with E-state index in [0.29, 0.717) is 10.4 Å². The van der Waals surface area contributed by atoms with Crippen molar-refractivity contribution in [2.24, 2.45) is 0 Å². The Labute approximate surface area is 578 Å². The molecular formula is C63H82Cl3IN22OS2. The third-order valence-electron chi connectivity index (χ3n) is 14.5. The maximum atomic E-state index is 11.2. The number of hydrogen-bond acceptors (Lipinski definition) is 24. The number of aryl methyl sites for hydroxylation is 5. The molecule has 29 heteroatoms. The van der Waals surface area contributed by atoms with Gasteiger partial charge in [0.15, 0.2) is 0 Å². The van der Waals surface area contributed by atoms with Gasteiger partial charge in [0.2, 0.25) is 40.3 Å². The second-order valence-corrected chi connectivity index (χ2v) is 26.6. The molecule has 0 spiro atoms. The van der Waals surface area contributed by atoms with Gasteiger partial charge in [0.25, 0.3) is 0 Å². The van der Waals surface area contributed by atoms with Crippen LogP contribution in [0.25, 0.3) is 0 Å². The van der Waals surface area contributed by atoms with E-state index in [1.807, 2.05) is 108 Å². The first kappa shape index (κ1) is 72.9. The number of nitrogen functional groups attached to an aromatic ring is 1. The fraction of sp³-hybridized carbons (Fsp3) is 0.413. The lowest BCUT2D eigenvalue weighted by Crippen LogP contribution is -2.45. The molecule has 0 unspecified atom stereocenters. The van der Waals surface area contributed by atoms with Crippen LogP contribution >= 0.6 is 80.9 Å². The van der Waals surface area contributed by atoms with Gasteiger partial charge >= 0.3 is 0 Å². The number of benzene rings is 2. The lowest BCUT2D eigenvalue weighted by Gasteiger charge is -2.32. The number of likely N-dealkylation sites (N-methyl/N-ethyl adjacent to an activating group) is 4. The number of nitrogens with one attached hydrogen (secondary N) is 1. The molecule has 0 aliphatic carbocycles. The molecule has 4 saturated heterocycles. The number of rotatable bonds is 9. The molecule has 0 bridgehead atoms. The number of nitrogens with zero attached hydrogens (tertiary/aromatic N) is 20. The Morgan fingerprint density at radius 3 is 1.23 bits per heavy atom. The summed E-state index contributed by atoms with van der Waals surface area (Å²) in [6.07, 6.45) is 10.7. The van der Waals surface area contributed by atoms with Crippen LogP contribution in [0.5, 0.6) is 0 Å². The first-order chi connectivity index (χ1) is 44.1. The lowest BCUT2D eigenvalue weighted by molar-refractivity contribution is -0.114. The topological polar surface area (TPSA) is 236 Å². The van der Waals surface area contributed by atoms with Crippen molar-refractivity contribution in [1.82, 2.24) is 79.4 Å². The Morgan fingerprint density at radius 2 is 0.859 bits per heavy atom. The molecule has 4 fully saturated rings. The van der Waals surface area contributed by atoms with Crippen LogP contribution in [0, 0.1) is 38.2 Å². The number of hydrogen-bond donors (Lipinski definition) is 2. The molecule has 0 saturated carbocycles. The van der Waals surface area contributed by atoms with Crippen LogP contribution in [0.1, 0.15) is 35.4 Å². The molecule has 23 nitrogen and oxygen atoms in total. The average Bonchev–Trinajstić information content (AvgIpc) is 1.20. The van der Waals surface area contributed by atoms with Crippen molar-refractivity contribution in [3.8, 4) is 0 Å². The maximum Gasteiger partial charge on any atom is 0.225 e. The van der Waals surface area contributed by atoms with Gasteiger partial charge in [-0.1, -0.05) is 47.3 Å². The van der Waals surface area contributed by atoms with Crippen LogP contribution in [0.4, 0.5) is 35.2 Å². The van der Waals surface area contributed by atoms with Gasteiger partial charge in [-0.2, -0.15) is 0 Å². The first-order valence-electron chi connectivity index (χ1n) is 30.0. The second-order valence-electron chi connectivity index (χ2n) is 22.1. The predicted octanol–water partition coefficient (Wildman–Crippen LogP) is 9.82. The highest BCUT2D eigenvalue weighted by Crippen LogP contribution is 2.33. The van der Waals surface area contributed by atoms with Crippen molar-refractivity contribution in [3.63, 3.8) is 0 Å². The summed E-state index contributed by atoms with van der Waals surface area (Å²) < 4.78 is 1.13. The molecule has 10 heterocycles. The molecule has 490 valence electrons. The summed E-state index contributed by atoms with van der Waals surface area (Å²) in [5.41, 5.74) is 12.4. The number of anilines is 6. The SMILES string of the molecule is CC(=O)Nc1cccc(Sc2cnc(N3CCN(C)CC3)nc2C)c1.Cc1ccnc(Cl)n1.Cc1ccnc(N2CCN(C)CC2)n1.Cc1nc(N2CCN(C)CC2)ncc1I.Cc1nc(N2CCN(C)CC2)ncc1Sc1cccc(N)c1.Clc1ccnc(Cl)n1. The largest absolute Gasteiger partial charge is 0.399 e. The molecule has 6 aromatic heterocycles. The van der Waals surface area contributed by atoms with Gasteiger partial charge in [0.1, 0.15) is 5.15 Å². The standard InChI is InChI=1S/C18H23N5OS.C16H21N5S.C10H15IN4.C10H16N4.C5H5ClN2.C4H2Cl2N2/c1-13-17(25-16-6-4-5-15(11-16)21-14(2)24)12-19-18(20-13)23-9-7-22(3)8-10-23;1-12-15(22-14-5-3-4-13(17)10-14)11-18-16(19-12)21-8-6-20(2)7-9-21;1-8-9(11)7-12-10(13-8)15-5-3-14(2)4-6-15;1-9-3-4-11-10(12-9)14-7-5-13(2)6-8-14;1-4-2-3-7-5(6)8-4;5-3-1-2-7-4(6)8-3/h4-6,11-12H,7-10H2,1-3H3,(H,21,24);3-5,10-11H,6-9,17H2,1-2H3;7H,3-6H2,1-2H3;3-4H,5-8H2,1-2H3;2-3H,1H3;1-2H. The quantitative estimate of drug-likeness (QED) is 0.0592. The average molecular weight is 1460 g/mol. The van der Waals surface area contributed by atoms with Crippen LogP contribution in [0.2, 0.25) is 15.7 Å². The highest BCUT2D eigenvalue weighted by Gasteiger charge is 2.21. The molecule has 2 aromatic carbocycles. The van der Waals surface area contributed by atoms with Crippen molar-refractivity contribution >= 4 is 122 Å². The van der Waals surface area contributed by atoms with Crippen molar-refractivity contribution in [1.29, 1.82) is 0 Å². The van der Waals surface area contributed by atoms with Gasteiger partial charge in [-0.05, 0) is 163 Å². The van der Waals surface area contributed by atoms with Gasteiger partial charge in [-0.25, -0.2) is 59.8 Å². The van der Waals surface area contributed by atoms with Gasteiger partial charge in [0, 0.05) is 181 Å². The van der Waals surface area contributed by atoms with Crippen LogP contribution in [-0.2, 0) is 4.79 Å². The summed E-state index contributed by atoms with van der Waals surface area (Å²) in [6.45, 7) is 28.0. The minimum absolute atomic E-state index is 0.0711. The Morgan fingerprint density at radius 1 is 0.467 bits per heavy atom. The number of piperazine rings is 4. The Kier molecular flexibility index (Phi) is 29.7. The zero-order chi connectivity index (χ0) is 66.1. The van der Waals surface area contributed by atoms with E-state index in [0.717, 1.165) is 192 Å². The van der Waals surface area contributed by atoms with Crippen molar-refractivity contribution in [2.75, 3.05) is 164 Å². The zero-order valence-corrected chi connectivity index (χ0v) is 59.9. The van der Waals surface area contributed by atoms with E-state index in [2.05, 4.69) is 156 Å². The van der Waals surface area contributed by atoms with Crippen molar-refractivity contribution in [2.45, 2.75) is 61.1 Å². The Balaban J connectivity index is 0.000000164. The third kappa shape index (κ3) is 25.1. The van der Waals surface area contributed by atoms with Gasteiger partial charge in [0.05, 0.1) is 30.4 Å². The summed E-state index contributed by atoms with van der Waals surface area (Å²) in [5, 5.41) is 3.66. The summed E-state index contributed by atoms with van der Waals surface area (Å²) in [7, 11) is 8.58. The normalized spacial score (nSPS) is 15.4. The zero-order valence-electron chi connectivity index (χ0n) is 53.9. The molecule has 1 amide bonds. The minimum atomic E-state index is -0.0711. The first-order valence-corrected chi connectivity index (χ1v) is 33.9. The molecule has 4 aliphatic heterocycles. The molecule has 12 rings (SSSR count). The molecule has 92 heavy (non-hydrogen) atoms. The van der Waals surface area contributed by atoms with E-state index in [1.165, 1.54) is 13.1 Å². The molecule has 4 aliphatic rings.